The molecular weight excluding hydrogens is 296 g/mol. The maximum Gasteiger partial charge on any atom is 0.323 e. The first kappa shape index (κ1) is 18.9. The van der Waals surface area contributed by atoms with Crippen LogP contribution in [-0.2, 0) is 20.4 Å². The number of hydrogen-bond acceptors (Lipinski definition) is 4. The van der Waals surface area contributed by atoms with Crippen molar-refractivity contribution < 1.29 is 14.6 Å². The van der Waals surface area contributed by atoms with Crippen LogP contribution in [0.25, 0.3) is 0 Å². The summed E-state index contributed by atoms with van der Waals surface area (Å²) in [7, 11) is 0. The van der Waals surface area contributed by atoms with Gasteiger partial charge in [-0.1, -0.05) is 41.5 Å². The topological polar surface area (TPSA) is 46.5 Å². The van der Waals surface area contributed by atoms with Gasteiger partial charge < -0.3 is 9.84 Å². The second kappa shape index (κ2) is 6.53. The van der Waals surface area contributed by atoms with E-state index in [1.807, 2.05) is 53.7 Å². The third kappa shape index (κ3) is 4.19. The van der Waals surface area contributed by atoms with Crippen molar-refractivity contribution in [1.82, 2.24) is 0 Å². The Labute approximate surface area is 139 Å². The average molecular weight is 324 g/mol. The number of thiol groups is 1. The second-order valence-electron chi connectivity index (χ2n) is 7.62. The summed E-state index contributed by atoms with van der Waals surface area (Å²) in [6.45, 7) is 14.3. The lowest BCUT2D eigenvalue weighted by Gasteiger charge is -2.29. The minimum Gasteiger partial charge on any atom is -0.507 e. The number of aromatic hydroxyl groups is 1. The molecule has 0 aliphatic heterocycles. The van der Waals surface area contributed by atoms with E-state index in [1.54, 1.807) is 6.92 Å². The van der Waals surface area contributed by atoms with Gasteiger partial charge >= 0.3 is 5.97 Å². The molecule has 0 fully saturated rings. The van der Waals surface area contributed by atoms with Gasteiger partial charge in [0.25, 0.3) is 0 Å². The van der Waals surface area contributed by atoms with Crippen LogP contribution < -0.4 is 0 Å². The Kier molecular flexibility index (Phi) is 5.61. The van der Waals surface area contributed by atoms with Gasteiger partial charge in [-0.2, -0.15) is 12.6 Å². The van der Waals surface area contributed by atoms with Crippen LogP contribution in [0.5, 0.6) is 5.75 Å². The molecule has 4 heteroatoms. The lowest BCUT2D eigenvalue weighted by Crippen LogP contribution is -2.19. The third-order valence-corrected chi connectivity index (χ3v) is 4.08. The monoisotopic (exact) mass is 324 g/mol. The van der Waals surface area contributed by atoms with E-state index in [4.69, 9.17) is 4.74 Å². The number of esters is 1. The quantitative estimate of drug-likeness (QED) is 0.635. The maximum absolute atomic E-state index is 12.0. The molecule has 0 spiro atoms. The van der Waals surface area contributed by atoms with Crippen molar-refractivity contribution in [2.24, 2.45) is 0 Å². The van der Waals surface area contributed by atoms with E-state index < -0.39 is 5.25 Å². The molecule has 124 valence electrons. The van der Waals surface area contributed by atoms with E-state index >= 15 is 0 Å². The Morgan fingerprint density at radius 2 is 1.55 bits per heavy atom. The lowest BCUT2D eigenvalue weighted by atomic mass is 9.78. The largest absolute Gasteiger partial charge is 0.507 e. The zero-order valence-corrected chi connectivity index (χ0v) is 15.5. The molecule has 0 aliphatic rings. The number of benzene rings is 1. The minimum atomic E-state index is -0.650. The van der Waals surface area contributed by atoms with Gasteiger partial charge in [-0.15, -0.1) is 0 Å². The predicted molar refractivity (Wildman–Crippen MR) is 93.9 cm³/mol. The van der Waals surface area contributed by atoms with Gasteiger partial charge in [0.05, 0.1) is 6.61 Å². The molecule has 0 aliphatic carbocycles. The number of hydrogen-bond donors (Lipinski definition) is 2. The molecule has 1 N–H and O–H groups in total. The second-order valence-corrected chi connectivity index (χ2v) is 8.14. The first-order valence-corrected chi connectivity index (χ1v) is 8.13. The fourth-order valence-electron chi connectivity index (χ4n) is 2.32. The SMILES string of the molecule is CCOC(=O)C(S)c1cc(C(C)(C)C)c(O)c(C(C)(C)C)c1. The highest BCUT2D eigenvalue weighted by Gasteiger charge is 2.29. The Hall–Kier alpha value is -1.16. The minimum absolute atomic E-state index is 0.234. The van der Waals surface area contributed by atoms with Crippen molar-refractivity contribution in [2.75, 3.05) is 6.61 Å². The van der Waals surface area contributed by atoms with Gasteiger partial charge in [0.2, 0.25) is 0 Å². The van der Waals surface area contributed by atoms with Gasteiger partial charge in [-0.05, 0) is 46.6 Å². The number of ether oxygens (including phenoxy) is 1. The summed E-state index contributed by atoms with van der Waals surface area (Å²) in [6, 6.07) is 3.72. The van der Waals surface area contributed by atoms with E-state index in [0.717, 1.165) is 16.7 Å². The standard InChI is InChI=1S/C18H28O3S/c1-8-21-16(20)15(22)11-9-12(17(2,3)4)14(19)13(10-11)18(5,6)7/h9-10,15,19,22H,8H2,1-7H3. The number of rotatable bonds is 3. The third-order valence-electron chi connectivity index (χ3n) is 3.57. The fraction of sp³-hybridized carbons (Fsp3) is 0.611. The smallest absolute Gasteiger partial charge is 0.323 e. The normalized spacial score (nSPS) is 13.8. The van der Waals surface area contributed by atoms with Gasteiger partial charge in [-0.3, -0.25) is 4.79 Å². The zero-order chi connectivity index (χ0) is 17.3. The van der Waals surface area contributed by atoms with Crippen molar-refractivity contribution in [3.63, 3.8) is 0 Å². The van der Waals surface area contributed by atoms with E-state index in [1.165, 1.54) is 0 Å². The Morgan fingerprint density at radius 3 is 1.86 bits per heavy atom. The van der Waals surface area contributed by atoms with Crippen molar-refractivity contribution in [1.29, 1.82) is 0 Å². The molecule has 0 heterocycles. The molecular formula is C18H28O3S. The Morgan fingerprint density at radius 1 is 1.14 bits per heavy atom. The predicted octanol–water partition coefficient (Wildman–Crippen LogP) is 4.52. The van der Waals surface area contributed by atoms with Gasteiger partial charge in [0.1, 0.15) is 11.0 Å². The summed E-state index contributed by atoms with van der Waals surface area (Å²) in [4.78, 5) is 12.0. The van der Waals surface area contributed by atoms with E-state index in [-0.39, 0.29) is 16.8 Å². The first-order valence-electron chi connectivity index (χ1n) is 7.62. The van der Waals surface area contributed by atoms with E-state index in [0.29, 0.717) is 12.4 Å². The van der Waals surface area contributed by atoms with E-state index in [2.05, 4.69) is 12.6 Å². The van der Waals surface area contributed by atoms with Crippen LogP contribution in [0, 0.1) is 0 Å². The van der Waals surface area contributed by atoms with Gasteiger partial charge in [0.15, 0.2) is 0 Å². The molecule has 0 saturated carbocycles. The fourth-order valence-corrected chi connectivity index (χ4v) is 2.54. The average Bonchev–Trinajstić information content (AvgIpc) is 2.35. The zero-order valence-electron chi connectivity index (χ0n) is 14.7. The number of carbonyl (C=O) groups excluding carboxylic acids is 1. The van der Waals surface area contributed by atoms with Gasteiger partial charge in [0, 0.05) is 0 Å². The van der Waals surface area contributed by atoms with Crippen molar-refractivity contribution in [2.45, 2.75) is 64.5 Å². The van der Waals surface area contributed by atoms with Crippen LogP contribution in [0.2, 0.25) is 0 Å². The highest BCUT2D eigenvalue weighted by molar-refractivity contribution is 7.81. The maximum atomic E-state index is 12.0. The summed E-state index contributed by atoms with van der Waals surface area (Å²) in [6.07, 6.45) is 0. The first-order chi connectivity index (χ1) is 9.89. The van der Waals surface area contributed by atoms with Crippen LogP contribution >= 0.6 is 12.6 Å². The number of phenols is 1. The van der Waals surface area contributed by atoms with Crippen molar-refractivity contribution >= 4 is 18.6 Å². The molecule has 0 amide bonds. The number of phenolic OH excluding ortho intramolecular Hbond substituents is 1. The van der Waals surface area contributed by atoms with Crippen molar-refractivity contribution in [3.8, 4) is 5.75 Å². The van der Waals surface area contributed by atoms with Crippen LogP contribution in [0.15, 0.2) is 12.1 Å². The Bertz CT molecular complexity index is 515. The van der Waals surface area contributed by atoms with Crippen LogP contribution in [-0.4, -0.2) is 17.7 Å². The molecule has 0 saturated heterocycles. The number of carbonyl (C=O) groups is 1. The van der Waals surface area contributed by atoms with Crippen molar-refractivity contribution in [3.05, 3.63) is 28.8 Å². The molecule has 0 radical (unpaired) electrons. The highest BCUT2D eigenvalue weighted by Crippen LogP contribution is 2.41. The summed E-state index contributed by atoms with van der Waals surface area (Å²) in [5.41, 5.74) is 1.93. The van der Waals surface area contributed by atoms with Crippen LogP contribution in [0.4, 0.5) is 0 Å². The van der Waals surface area contributed by atoms with E-state index in [9.17, 15) is 9.90 Å². The lowest BCUT2D eigenvalue weighted by molar-refractivity contribution is -0.142. The molecule has 0 aromatic heterocycles. The molecule has 3 nitrogen and oxygen atoms in total. The highest BCUT2D eigenvalue weighted by atomic mass is 32.1. The molecule has 22 heavy (non-hydrogen) atoms. The summed E-state index contributed by atoms with van der Waals surface area (Å²) < 4.78 is 5.06. The summed E-state index contributed by atoms with van der Waals surface area (Å²) in [5, 5.41) is 10.0. The molecule has 1 unspecified atom stereocenters. The molecule has 1 aromatic rings. The molecule has 1 rings (SSSR count). The summed E-state index contributed by atoms with van der Waals surface area (Å²) in [5.74, 6) is -0.0654. The summed E-state index contributed by atoms with van der Waals surface area (Å²) >= 11 is 4.41. The van der Waals surface area contributed by atoms with Gasteiger partial charge in [-0.25, -0.2) is 0 Å². The van der Waals surface area contributed by atoms with Crippen LogP contribution in [0.1, 0.15) is 70.4 Å². The molecule has 0 bridgehead atoms. The van der Waals surface area contributed by atoms with Crippen LogP contribution in [0.3, 0.4) is 0 Å². The molecule has 1 atom stereocenters. The Balaban J connectivity index is 3.51. The molecule has 1 aromatic carbocycles.